The van der Waals surface area contributed by atoms with Crippen molar-refractivity contribution in [3.8, 4) is 0 Å². The minimum absolute atomic E-state index is 0.0778. The fraction of sp³-hybridized carbons (Fsp3) is 0.455. The van der Waals surface area contributed by atoms with E-state index in [0.717, 1.165) is 6.07 Å². The van der Waals surface area contributed by atoms with Crippen LogP contribution < -0.4 is 10.5 Å². The summed E-state index contributed by atoms with van der Waals surface area (Å²) in [5, 5.41) is 0. The van der Waals surface area contributed by atoms with Gasteiger partial charge in [-0.1, -0.05) is 13.0 Å². The molecule has 0 amide bonds. The topological polar surface area (TPSA) is 72.2 Å². The fourth-order valence-corrected chi connectivity index (χ4v) is 2.71. The lowest BCUT2D eigenvalue weighted by Gasteiger charge is -2.14. The van der Waals surface area contributed by atoms with E-state index in [4.69, 9.17) is 5.73 Å². The molecule has 0 aromatic heterocycles. The summed E-state index contributed by atoms with van der Waals surface area (Å²) in [5.74, 6) is -0.146. The molecule has 0 spiro atoms. The van der Waals surface area contributed by atoms with Gasteiger partial charge in [-0.25, -0.2) is 8.42 Å². The van der Waals surface area contributed by atoms with Gasteiger partial charge in [0, 0.05) is 12.2 Å². The van der Waals surface area contributed by atoms with Crippen LogP contribution in [0.1, 0.15) is 24.5 Å². The van der Waals surface area contributed by atoms with Crippen molar-refractivity contribution >= 4 is 15.7 Å². The van der Waals surface area contributed by atoms with Crippen LogP contribution >= 0.6 is 0 Å². The third-order valence-corrected chi connectivity index (χ3v) is 3.87. The normalized spacial score (nSPS) is 12.5. The molecular formula is C11H15F3N2O2S. The zero-order chi connectivity index (χ0) is 14.7. The van der Waals surface area contributed by atoms with Gasteiger partial charge in [0.05, 0.1) is 11.3 Å². The second-order valence-corrected chi connectivity index (χ2v) is 5.84. The van der Waals surface area contributed by atoms with Gasteiger partial charge in [-0.05, 0) is 24.1 Å². The Morgan fingerprint density at radius 1 is 1.32 bits per heavy atom. The Labute approximate surface area is 109 Å². The lowest BCUT2D eigenvalue weighted by Crippen LogP contribution is -2.18. The number of rotatable bonds is 5. The van der Waals surface area contributed by atoms with Crippen molar-refractivity contribution < 1.29 is 21.6 Å². The Kier molecular flexibility index (Phi) is 4.81. The second-order valence-electron chi connectivity index (χ2n) is 3.99. The van der Waals surface area contributed by atoms with Gasteiger partial charge < -0.3 is 5.73 Å². The molecule has 0 aliphatic carbocycles. The number of nitrogens with one attached hydrogen (secondary N) is 1. The van der Waals surface area contributed by atoms with Crippen LogP contribution in [0.15, 0.2) is 18.2 Å². The van der Waals surface area contributed by atoms with E-state index in [9.17, 15) is 21.6 Å². The molecule has 108 valence electrons. The predicted molar refractivity (Wildman–Crippen MR) is 67.0 cm³/mol. The molecule has 0 bridgehead atoms. The lowest BCUT2D eigenvalue weighted by molar-refractivity contribution is -0.138. The molecule has 0 unspecified atom stereocenters. The maximum atomic E-state index is 12.8. The zero-order valence-corrected chi connectivity index (χ0v) is 11.1. The van der Waals surface area contributed by atoms with Gasteiger partial charge in [0.25, 0.3) is 0 Å². The maximum absolute atomic E-state index is 12.8. The van der Waals surface area contributed by atoms with Crippen LogP contribution in [0, 0.1) is 0 Å². The van der Waals surface area contributed by atoms with Gasteiger partial charge in [0.15, 0.2) is 0 Å². The molecule has 0 radical (unpaired) electrons. The summed E-state index contributed by atoms with van der Waals surface area (Å²) in [7, 11) is -3.62. The average molecular weight is 296 g/mol. The van der Waals surface area contributed by atoms with Crippen LogP contribution in [-0.4, -0.2) is 14.2 Å². The summed E-state index contributed by atoms with van der Waals surface area (Å²) in [5.41, 5.74) is 4.12. The Morgan fingerprint density at radius 2 is 1.95 bits per heavy atom. The molecule has 3 N–H and O–H groups in total. The van der Waals surface area contributed by atoms with E-state index >= 15 is 0 Å². The van der Waals surface area contributed by atoms with Crippen LogP contribution in [-0.2, 0) is 22.7 Å². The number of anilines is 1. The SMILES string of the molecule is CCCS(=O)(=O)Nc1ccc(CN)c(C(F)(F)F)c1. The smallest absolute Gasteiger partial charge is 0.326 e. The van der Waals surface area contributed by atoms with Crippen LogP contribution in [0.2, 0.25) is 0 Å². The highest BCUT2D eigenvalue weighted by molar-refractivity contribution is 7.92. The quantitative estimate of drug-likeness (QED) is 0.876. The van der Waals surface area contributed by atoms with Crippen molar-refractivity contribution in [1.29, 1.82) is 0 Å². The van der Waals surface area contributed by atoms with Gasteiger partial charge in [-0.15, -0.1) is 0 Å². The van der Waals surface area contributed by atoms with Crippen molar-refractivity contribution in [2.45, 2.75) is 26.1 Å². The van der Waals surface area contributed by atoms with Crippen LogP contribution in [0.5, 0.6) is 0 Å². The van der Waals surface area contributed by atoms with Crippen LogP contribution in [0.25, 0.3) is 0 Å². The van der Waals surface area contributed by atoms with Gasteiger partial charge in [0.1, 0.15) is 0 Å². The molecule has 1 aromatic rings. The van der Waals surface area contributed by atoms with Crippen LogP contribution in [0.4, 0.5) is 18.9 Å². The molecule has 1 aromatic carbocycles. The van der Waals surface area contributed by atoms with E-state index in [2.05, 4.69) is 4.72 Å². The lowest BCUT2D eigenvalue weighted by atomic mass is 10.1. The van der Waals surface area contributed by atoms with E-state index < -0.39 is 21.8 Å². The Hall–Kier alpha value is -1.28. The Balaban J connectivity index is 3.13. The fourth-order valence-electron chi connectivity index (χ4n) is 1.58. The number of sulfonamides is 1. The van der Waals surface area contributed by atoms with Gasteiger partial charge in [-0.3, -0.25) is 4.72 Å². The van der Waals surface area contributed by atoms with Crippen molar-refractivity contribution in [3.63, 3.8) is 0 Å². The van der Waals surface area contributed by atoms with Gasteiger partial charge in [-0.2, -0.15) is 13.2 Å². The Bertz CT molecular complexity index is 541. The molecule has 1 rings (SSSR count). The van der Waals surface area contributed by atoms with E-state index in [1.807, 2.05) is 0 Å². The van der Waals surface area contributed by atoms with Crippen molar-refractivity contribution in [2.75, 3.05) is 10.5 Å². The van der Waals surface area contributed by atoms with E-state index in [-0.39, 0.29) is 23.5 Å². The summed E-state index contributed by atoms with van der Waals surface area (Å²) in [4.78, 5) is 0. The molecule has 0 saturated heterocycles. The van der Waals surface area contributed by atoms with Gasteiger partial charge in [0.2, 0.25) is 10.0 Å². The molecule has 0 heterocycles. The highest BCUT2D eigenvalue weighted by atomic mass is 32.2. The first-order valence-corrected chi connectivity index (χ1v) is 7.25. The number of hydrogen-bond donors (Lipinski definition) is 2. The van der Waals surface area contributed by atoms with Crippen molar-refractivity contribution in [2.24, 2.45) is 5.73 Å². The third kappa shape index (κ3) is 4.39. The third-order valence-electron chi connectivity index (χ3n) is 2.38. The molecule has 0 atom stereocenters. The summed E-state index contributed by atoms with van der Waals surface area (Å²) in [6.45, 7) is 1.40. The second kappa shape index (κ2) is 5.79. The van der Waals surface area contributed by atoms with Crippen LogP contribution in [0.3, 0.4) is 0 Å². The Morgan fingerprint density at radius 3 is 2.42 bits per heavy atom. The number of nitrogens with two attached hydrogens (primary N) is 1. The minimum atomic E-state index is -4.57. The predicted octanol–water partition coefficient (Wildman–Crippen LogP) is 2.32. The minimum Gasteiger partial charge on any atom is -0.326 e. The molecule has 0 fully saturated rings. The largest absolute Gasteiger partial charge is 0.416 e. The molecule has 0 aliphatic rings. The molecule has 0 aliphatic heterocycles. The summed E-state index contributed by atoms with van der Waals surface area (Å²) >= 11 is 0. The maximum Gasteiger partial charge on any atom is 0.416 e. The molecule has 8 heteroatoms. The first kappa shape index (κ1) is 15.8. The van der Waals surface area contributed by atoms with E-state index in [1.165, 1.54) is 12.1 Å². The molecule has 4 nitrogen and oxygen atoms in total. The number of alkyl halides is 3. The molecule has 19 heavy (non-hydrogen) atoms. The highest BCUT2D eigenvalue weighted by Crippen LogP contribution is 2.33. The zero-order valence-electron chi connectivity index (χ0n) is 10.3. The summed E-state index contributed by atoms with van der Waals surface area (Å²) in [6.07, 6.45) is -4.19. The van der Waals surface area contributed by atoms with Crippen molar-refractivity contribution in [1.82, 2.24) is 0 Å². The number of hydrogen-bond acceptors (Lipinski definition) is 3. The van der Waals surface area contributed by atoms with E-state index in [1.54, 1.807) is 6.92 Å². The van der Waals surface area contributed by atoms with Gasteiger partial charge >= 0.3 is 6.18 Å². The summed E-state index contributed by atoms with van der Waals surface area (Å²) in [6, 6.07) is 3.20. The number of halogens is 3. The van der Waals surface area contributed by atoms with E-state index in [0.29, 0.717) is 6.42 Å². The monoisotopic (exact) mass is 296 g/mol. The molecular weight excluding hydrogens is 281 g/mol. The first-order valence-electron chi connectivity index (χ1n) is 5.60. The first-order chi connectivity index (χ1) is 8.69. The average Bonchev–Trinajstić information content (AvgIpc) is 2.27. The molecule has 0 saturated carbocycles. The van der Waals surface area contributed by atoms with Crippen molar-refractivity contribution in [3.05, 3.63) is 29.3 Å². The highest BCUT2D eigenvalue weighted by Gasteiger charge is 2.33. The summed E-state index contributed by atoms with van der Waals surface area (Å²) < 4.78 is 63.4. The standard InChI is InChI=1S/C11H15F3N2O2S/c1-2-5-19(17,18)16-9-4-3-8(7-15)10(6-9)11(12,13)14/h3-4,6,16H,2,5,7,15H2,1H3. The number of benzene rings is 1.